The highest BCUT2D eigenvalue weighted by Gasteiger charge is 2.39. The molecule has 2 fully saturated rings. The third-order valence-electron chi connectivity index (χ3n) is 5.75. The van der Waals surface area contributed by atoms with Crippen molar-refractivity contribution in [2.45, 2.75) is 50.8 Å². The van der Waals surface area contributed by atoms with Gasteiger partial charge in [0.15, 0.2) is 11.5 Å². The Kier molecular flexibility index (Phi) is 4.56. The van der Waals surface area contributed by atoms with Gasteiger partial charge in [-0.25, -0.2) is 0 Å². The molecule has 1 aromatic rings. The summed E-state index contributed by atoms with van der Waals surface area (Å²) in [4.78, 5) is 16.3. The summed E-state index contributed by atoms with van der Waals surface area (Å²) in [5, 5.41) is 10.7. The summed E-state index contributed by atoms with van der Waals surface area (Å²) < 4.78 is 10.7. The minimum atomic E-state index is -0.567. The Labute approximate surface area is 148 Å². The molecule has 0 aromatic heterocycles. The Morgan fingerprint density at radius 3 is 2.80 bits per heavy atom. The molecular formula is C19H26N2O4. The van der Waals surface area contributed by atoms with Crippen LogP contribution in [0.3, 0.4) is 0 Å². The first-order valence-electron chi connectivity index (χ1n) is 9.22. The van der Waals surface area contributed by atoms with Crippen LogP contribution in [0.1, 0.15) is 44.3 Å². The highest BCUT2D eigenvalue weighted by molar-refractivity contribution is 5.74. The van der Waals surface area contributed by atoms with Crippen molar-refractivity contribution in [3.05, 3.63) is 23.8 Å². The molecule has 0 saturated carbocycles. The van der Waals surface area contributed by atoms with Crippen LogP contribution in [0.25, 0.3) is 0 Å². The number of ether oxygens (including phenoxy) is 2. The maximum atomic E-state index is 11.9. The number of benzene rings is 1. The van der Waals surface area contributed by atoms with Crippen LogP contribution >= 0.6 is 0 Å². The van der Waals surface area contributed by atoms with Crippen molar-refractivity contribution < 1.29 is 19.4 Å². The molecule has 0 aliphatic carbocycles. The molecule has 2 saturated heterocycles. The zero-order valence-electron chi connectivity index (χ0n) is 14.7. The molecule has 3 heterocycles. The lowest BCUT2D eigenvalue weighted by Gasteiger charge is -2.35. The molecule has 25 heavy (non-hydrogen) atoms. The Hall–Kier alpha value is -1.79. The molecule has 3 aliphatic rings. The zero-order chi connectivity index (χ0) is 17.4. The number of carbonyl (C=O) groups excluding carboxylic acids is 1. The highest BCUT2D eigenvalue weighted by Crippen LogP contribution is 2.35. The molecule has 0 unspecified atom stereocenters. The smallest absolute Gasteiger partial charge is 0.231 e. The van der Waals surface area contributed by atoms with Crippen LogP contribution < -0.4 is 9.47 Å². The second-order valence-corrected chi connectivity index (χ2v) is 7.25. The van der Waals surface area contributed by atoms with Crippen LogP contribution in [-0.4, -0.2) is 59.3 Å². The van der Waals surface area contributed by atoms with Gasteiger partial charge >= 0.3 is 0 Å². The van der Waals surface area contributed by atoms with E-state index in [1.807, 2.05) is 23.1 Å². The van der Waals surface area contributed by atoms with Gasteiger partial charge in [0.05, 0.1) is 6.10 Å². The lowest BCUT2D eigenvalue weighted by atomic mass is 10.0. The first-order valence-corrected chi connectivity index (χ1v) is 9.22. The summed E-state index contributed by atoms with van der Waals surface area (Å²) >= 11 is 0. The number of aliphatic hydroxyl groups excluding tert-OH is 1. The van der Waals surface area contributed by atoms with E-state index in [4.69, 9.17) is 9.47 Å². The molecular weight excluding hydrogens is 320 g/mol. The van der Waals surface area contributed by atoms with Crippen molar-refractivity contribution in [2.75, 3.05) is 26.4 Å². The van der Waals surface area contributed by atoms with Crippen LogP contribution in [0.5, 0.6) is 11.5 Å². The second kappa shape index (κ2) is 6.84. The van der Waals surface area contributed by atoms with Gasteiger partial charge in [0.2, 0.25) is 12.7 Å². The van der Waals surface area contributed by atoms with Crippen molar-refractivity contribution in [3.63, 3.8) is 0 Å². The van der Waals surface area contributed by atoms with Gasteiger partial charge in [-0.15, -0.1) is 0 Å². The van der Waals surface area contributed by atoms with Gasteiger partial charge in [0.25, 0.3) is 0 Å². The van der Waals surface area contributed by atoms with Gasteiger partial charge < -0.3 is 19.5 Å². The first kappa shape index (κ1) is 16.7. The number of likely N-dealkylation sites (tertiary alicyclic amines) is 2. The van der Waals surface area contributed by atoms with Crippen LogP contribution in [0.4, 0.5) is 0 Å². The molecule has 6 nitrogen and oxygen atoms in total. The predicted molar refractivity (Wildman–Crippen MR) is 92.5 cm³/mol. The van der Waals surface area contributed by atoms with E-state index >= 15 is 0 Å². The largest absolute Gasteiger partial charge is 0.454 e. The van der Waals surface area contributed by atoms with Crippen LogP contribution in [0.15, 0.2) is 18.2 Å². The highest BCUT2D eigenvalue weighted by atomic mass is 16.7. The third-order valence-corrected chi connectivity index (χ3v) is 5.75. The number of hydrogen-bond donors (Lipinski definition) is 1. The van der Waals surface area contributed by atoms with Crippen LogP contribution in [0, 0.1) is 0 Å². The number of fused-ring (bicyclic) bond motifs is 1. The van der Waals surface area contributed by atoms with Crippen LogP contribution in [-0.2, 0) is 4.79 Å². The summed E-state index contributed by atoms with van der Waals surface area (Å²) in [7, 11) is 0. The molecule has 3 atom stereocenters. The summed E-state index contributed by atoms with van der Waals surface area (Å²) in [6, 6.07) is 6.28. The van der Waals surface area contributed by atoms with Crippen molar-refractivity contribution in [1.82, 2.24) is 9.80 Å². The molecule has 0 spiro atoms. The van der Waals surface area contributed by atoms with E-state index in [9.17, 15) is 9.90 Å². The van der Waals surface area contributed by atoms with E-state index in [-0.39, 0.29) is 12.7 Å². The third kappa shape index (κ3) is 3.20. The fraction of sp³-hybridized carbons (Fsp3) is 0.632. The molecule has 3 aliphatic heterocycles. The van der Waals surface area contributed by atoms with E-state index in [0.717, 1.165) is 50.1 Å². The monoisotopic (exact) mass is 346 g/mol. The van der Waals surface area contributed by atoms with Crippen molar-refractivity contribution in [2.24, 2.45) is 0 Å². The molecule has 6 heteroatoms. The molecule has 136 valence electrons. The van der Waals surface area contributed by atoms with E-state index in [0.29, 0.717) is 24.4 Å². The maximum absolute atomic E-state index is 11.9. The quantitative estimate of drug-likeness (QED) is 0.903. The van der Waals surface area contributed by atoms with Gasteiger partial charge in [-0.05, 0) is 49.9 Å². The normalized spacial score (nSPS) is 27.0. The lowest BCUT2D eigenvalue weighted by molar-refractivity contribution is -0.130. The van der Waals surface area contributed by atoms with E-state index in [1.165, 1.54) is 0 Å². The molecule has 1 N–H and O–H groups in total. The van der Waals surface area contributed by atoms with Gasteiger partial charge in [0.1, 0.15) is 0 Å². The number of rotatable bonds is 4. The number of nitrogens with zero attached hydrogens (tertiary/aromatic N) is 2. The topological polar surface area (TPSA) is 62.2 Å². The Morgan fingerprint density at radius 2 is 1.96 bits per heavy atom. The van der Waals surface area contributed by atoms with Gasteiger partial charge in [-0.1, -0.05) is 6.07 Å². The summed E-state index contributed by atoms with van der Waals surface area (Å²) in [6.07, 6.45) is 3.81. The summed E-state index contributed by atoms with van der Waals surface area (Å²) in [5.41, 5.74) is 0.852. The fourth-order valence-electron chi connectivity index (χ4n) is 4.55. The Bertz CT molecular complexity index is 650. The van der Waals surface area contributed by atoms with Gasteiger partial charge in [0, 0.05) is 32.1 Å². The predicted octanol–water partition coefficient (Wildman–Crippen LogP) is 1.92. The van der Waals surface area contributed by atoms with E-state index in [1.54, 1.807) is 6.92 Å². The lowest BCUT2D eigenvalue weighted by Crippen LogP contribution is -2.48. The Balaban J connectivity index is 1.45. The molecule has 4 rings (SSSR count). The Morgan fingerprint density at radius 1 is 1.20 bits per heavy atom. The number of hydrogen-bond acceptors (Lipinski definition) is 5. The van der Waals surface area contributed by atoms with Crippen molar-refractivity contribution >= 4 is 5.91 Å². The molecule has 1 amide bonds. The molecule has 0 radical (unpaired) electrons. The number of carbonyl (C=O) groups is 1. The van der Waals surface area contributed by atoms with Gasteiger partial charge in [-0.3, -0.25) is 9.69 Å². The first-order chi connectivity index (χ1) is 12.1. The standard InChI is InChI=1S/C19H26N2O4/c1-13(22)21-9-3-5-16(21)15-4-2-8-20(15)11-17(23)14-6-7-18-19(10-14)25-12-24-18/h6-7,10,15-17,23H,2-5,8-9,11-12H2,1H3/t15-,16-,17+/m1/s1. The number of β-amino-alcohol motifs (C(OH)–C–C–N with tert-alkyl or cyclic N) is 1. The number of amides is 1. The van der Waals surface area contributed by atoms with Gasteiger partial charge in [-0.2, -0.15) is 0 Å². The fourth-order valence-corrected chi connectivity index (χ4v) is 4.55. The average Bonchev–Trinajstić information content (AvgIpc) is 3.33. The van der Waals surface area contributed by atoms with Crippen LogP contribution in [0.2, 0.25) is 0 Å². The van der Waals surface area contributed by atoms with E-state index < -0.39 is 6.10 Å². The minimum Gasteiger partial charge on any atom is -0.454 e. The second-order valence-electron chi connectivity index (χ2n) is 7.25. The summed E-state index contributed by atoms with van der Waals surface area (Å²) in [5.74, 6) is 1.61. The number of aliphatic hydroxyl groups is 1. The maximum Gasteiger partial charge on any atom is 0.231 e. The van der Waals surface area contributed by atoms with E-state index in [2.05, 4.69) is 4.90 Å². The average molecular weight is 346 g/mol. The minimum absolute atomic E-state index is 0.172. The van der Waals surface area contributed by atoms with Crippen molar-refractivity contribution in [3.8, 4) is 11.5 Å². The van der Waals surface area contributed by atoms with Crippen molar-refractivity contribution in [1.29, 1.82) is 0 Å². The zero-order valence-corrected chi connectivity index (χ0v) is 14.7. The summed E-state index contributed by atoms with van der Waals surface area (Å²) in [6.45, 7) is 4.35. The SMILES string of the molecule is CC(=O)N1CCC[C@@H]1[C@H]1CCCN1C[C@H](O)c1ccc2c(c1)OCO2. The molecule has 0 bridgehead atoms. The molecule has 1 aromatic carbocycles.